The van der Waals surface area contributed by atoms with Crippen molar-refractivity contribution in [2.45, 2.75) is 13.0 Å². The Labute approximate surface area is 151 Å². The Hall–Kier alpha value is -2.73. The fourth-order valence-electron chi connectivity index (χ4n) is 3.42. The van der Waals surface area contributed by atoms with Gasteiger partial charge in [0.25, 0.3) is 0 Å². The van der Waals surface area contributed by atoms with E-state index in [1.807, 2.05) is 35.2 Å². The predicted octanol–water partition coefficient (Wildman–Crippen LogP) is 2.59. The zero-order valence-electron chi connectivity index (χ0n) is 14.5. The van der Waals surface area contributed by atoms with Crippen LogP contribution in [0.25, 0.3) is 10.9 Å². The molecule has 0 spiro atoms. The van der Waals surface area contributed by atoms with Gasteiger partial charge in [0.05, 0.1) is 17.6 Å². The van der Waals surface area contributed by atoms with E-state index in [1.54, 1.807) is 6.07 Å². The van der Waals surface area contributed by atoms with Crippen molar-refractivity contribution < 1.29 is 9.18 Å². The standard InChI is InChI=1S/C20H21FN4O/c21-16-6-7-17-18(13-16)22-23-19(17)14-24-8-10-25(11-9-24)20(26)12-15-4-2-1-3-5-15/h1-7,13H,8-12,14H2,(H,22,23). The number of halogens is 1. The lowest BCUT2D eigenvalue weighted by Gasteiger charge is -2.34. The maximum absolute atomic E-state index is 13.3. The lowest BCUT2D eigenvalue weighted by molar-refractivity contribution is -0.132. The second-order valence-corrected chi connectivity index (χ2v) is 6.68. The van der Waals surface area contributed by atoms with Gasteiger partial charge in [-0.25, -0.2) is 4.39 Å². The van der Waals surface area contributed by atoms with E-state index in [4.69, 9.17) is 0 Å². The molecule has 1 fully saturated rings. The summed E-state index contributed by atoms with van der Waals surface area (Å²) in [7, 11) is 0. The number of nitrogens with zero attached hydrogens (tertiary/aromatic N) is 3. The van der Waals surface area contributed by atoms with Crippen LogP contribution in [0, 0.1) is 5.82 Å². The van der Waals surface area contributed by atoms with Gasteiger partial charge in [0.1, 0.15) is 5.82 Å². The lowest BCUT2D eigenvalue weighted by atomic mass is 10.1. The van der Waals surface area contributed by atoms with Crippen molar-refractivity contribution in [3.63, 3.8) is 0 Å². The van der Waals surface area contributed by atoms with Crippen LogP contribution in [-0.4, -0.2) is 52.1 Å². The summed E-state index contributed by atoms with van der Waals surface area (Å²) < 4.78 is 13.3. The molecule has 3 aromatic rings. The van der Waals surface area contributed by atoms with Crippen molar-refractivity contribution in [2.24, 2.45) is 0 Å². The van der Waals surface area contributed by atoms with Crippen LogP contribution in [0.15, 0.2) is 48.5 Å². The first-order valence-corrected chi connectivity index (χ1v) is 8.85. The fraction of sp³-hybridized carbons (Fsp3) is 0.300. The van der Waals surface area contributed by atoms with E-state index in [-0.39, 0.29) is 11.7 Å². The van der Waals surface area contributed by atoms with Gasteiger partial charge in [-0.1, -0.05) is 30.3 Å². The molecule has 2 heterocycles. The zero-order chi connectivity index (χ0) is 17.9. The van der Waals surface area contributed by atoms with Crippen molar-refractivity contribution in [1.82, 2.24) is 20.0 Å². The van der Waals surface area contributed by atoms with Crippen LogP contribution in [0.2, 0.25) is 0 Å². The quantitative estimate of drug-likeness (QED) is 0.785. The highest BCUT2D eigenvalue weighted by atomic mass is 19.1. The van der Waals surface area contributed by atoms with E-state index in [9.17, 15) is 9.18 Å². The van der Waals surface area contributed by atoms with E-state index in [2.05, 4.69) is 15.1 Å². The third-order valence-corrected chi connectivity index (χ3v) is 4.90. The Kier molecular flexibility index (Phi) is 4.67. The first kappa shape index (κ1) is 16.7. The molecule has 6 heteroatoms. The molecule has 0 saturated carbocycles. The van der Waals surface area contributed by atoms with Gasteiger partial charge >= 0.3 is 0 Å². The molecule has 2 aromatic carbocycles. The van der Waals surface area contributed by atoms with Crippen molar-refractivity contribution >= 4 is 16.8 Å². The SMILES string of the molecule is O=C(Cc1ccccc1)N1CCN(Cc2n[nH]c3cc(F)ccc23)CC1. The predicted molar refractivity (Wildman–Crippen MR) is 98.1 cm³/mol. The number of hydrogen-bond acceptors (Lipinski definition) is 3. The summed E-state index contributed by atoms with van der Waals surface area (Å²) in [6, 6.07) is 14.5. The van der Waals surface area contributed by atoms with Crippen LogP contribution in [0.4, 0.5) is 4.39 Å². The van der Waals surface area contributed by atoms with E-state index in [0.717, 1.165) is 48.3 Å². The molecule has 1 amide bonds. The minimum Gasteiger partial charge on any atom is -0.340 e. The number of aromatic amines is 1. The van der Waals surface area contributed by atoms with Crippen molar-refractivity contribution in [3.05, 3.63) is 65.6 Å². The van der Waals surface area contributed by atoms with Gasteiger partial charge in [-0.2, -0.15) is 5.10 Å². The smallest absolute Gasteiger partial charge is 0.227 e. The number of amides is 1. The van der Waals surface area contributed by atoms with Crippen LogP contribution in [0.1, 0.15) is 11.3 Å². The van der Waals surface area contributed by atoms with Crippen LogP contribution in [0.3, 0.4) is 0 Å². The molecule has 0 atom stereocenters. The van der Waals surface area contributed by atoms with Gasteiger partial charge in [-0.15, -0.1) is 0 Å². The van der Waals surface area contributed by atoms with E-state index < -0.39 is 0 Å². The number of aromatic nitrogens is 2. The second-order valence-electron chi connectivity index (χ2n) is 6.68. The molecule has 134 valence electrons. The van der Waals surface area contributed by atoms with Gasteiger partial charge in [0.2, 0.25) is 5.91 Å². The first-order valence-electron chi connectivity index (χ1n) is 8.85. The van der Waals surface area contributed by atoms with Crippen LogP contribution < -0.4 is 0 Å². The van der Waals surface area contributed by atoms with Crippen LogP contribution >= 0.6 is 0 Å². The Morgan fingerprint density at radius 1 is 1.08 bits per heavy atom. The fourth-order valence-corrected chi connectivity index (χ4v) is 3.42. The number of rotatable bonds is 4. The second kappa shape index (κ2) is 7.25. The topological polar surface area (TPSA) is 52.2 Å². The first-order chi connectivity index (χ1) is 12.7. The van der Waals surface area contributed by atoms with Crippen molar-refractivity contribution in [3.8, 4) is 0 Å². The number of carbonyl (C=O) groups is 1. The monoisotopic (exact) mass is 352 g/mol. The van der Waals surface area contributed by atoms with Crippen molar-refractivity contribution in [2.75, 3.05) is 26.2 Å². The lowest BCUT2D eigenvalue weighted by Crippen LogP contribution is -2.48. The average molecular weight is 352 g/mol. The number of carbonyl (C=O) groups excluding carboxylic acids is 1. The van der Waals surface area contributed by atoms with Gasteiger partial charge in [0.15, 0.2) is 0 Å². The number of fused-ring (bicyclic) bond motifs is 1. The normalized spacial score (nSPS) is 15.5. The molecule has 1 aliphatic rings. The zero-order valence-corrected chi connectivity index (χ0v) is 14.5. The molecule has 5 nitrogen and oxygen atoms in total. The molecule has 0 unspecified atom stereocenters. The van der Waals surface area contributed by atoms with Gasteiger partial charge in [-0.3, -0.25) is 14.8 Å². The minimum atomic E-state index is -0.266. The molecule has 0 bridgehead atoms. The summed E-state index contributed by atoms with van der Waals surface area (Å²) in [5.41, 5.74) is 2.69. The van der Waals surface area contributed by atoms with E-state index in [0.29, 0.717) is 13.0 Å². The molecule has 0 aliphatic carbocycles. The number of benzene rings is 2. The largest absolute Gasteiger partial charge is 0.340 e. The highest BCUT2D eigenvalue weighted by molar-refractivity contribution is 5.81. The third kappa shape index (κ3) is 3.60. The summed E-state index contributed by atoms with van der Waals surface area (Å²) in [4.78, 5) is 16.7. The molecule has 1 aliphatic heterocycles. The molecular formula is C20H21FN4O. The molecular weight excluding hydrogens is 331 g/mol. The molecule has 0 radical (unpaired) electrons. The number of piperazine rings is 1. The maximum Gasteiger partial charge on any atom is 0.227 e. The van der Waals surface area contributed by atoms with Gasteiger partial charge in [0, 0.05) is 38.1 Å². The van der Waals surface area contributed by atoms with Crippen LogP contribution in [-0.2, 0) is 17.8 Å². The van der Waals surface area contributed by atoms with Gasteiger partial charge < -0.3 is 4.90 Å². The Balaban J connectivity index is 1.34. The number of nitrogens with one attached hydrogen (secondary N) is 1. The van der Waals surface area contributed by atoms with Crippen molar-refractivity contribution in [1.29, 1.82) is 0 Å². The highest BCUT2D eigenvalue weighted by Crippen LogP contribution is 2.19. The van der Waals surface area contributed by atoms with E-state index in [1.165, 1.54) is 12.1 Å². The van der Waals surface area contributed by atoms with Gasteiger partial charge in [-0.05, 0) is 23.8 Å². The summed E-state index contributed by atoms with van der Waals surface area (Å²) in [6.07, 6.45) is 0.455. The average Bonchev–Trinajstić information content (AvgIpc) is 3.05. The Morgan fingerprint density at radius 3 is 2.62 bits per heavy atom. The summed E-state index contributed by atoms with van der Waals surface area (Å²) >= 11 is 0. The summed E-state index contributed by atoms with van der Waals surface area (Å²) in [6.45, 7) is 3.78. The molecule has 1 aromatic heterocycles. The third-order valence-electron chi connectivity index (χ3n) is 4.90. The van der Waals surface area contributed by atoms with E-state index >= 15 is 0 Å². The maximum atomic E-state index is 13.3. The summed E-state index contributed by atoms with van der Waals surface area (Å²) in [5, 5.41) is 8.17. The molecule has 1 saturated heterocycles. The Bertz CT molecular complexity index is 901. The Morgan fingerprint density at radius 2 is 1.85 bits per heavy atom. The molecule has 1 N–H and O–H groups in total. The van der Waals surface area contributed by atoms with Crippen LogP contribution in [0.5, 0.6) is 0 Å². The molecule has 26 heavy (non-hydrogen) atoms. The summed E-state index contributed by atoms with van der Waals surface area (Å²) in [5.74, 6) is -0.0882. The molecule has 4 rings (SSSR count). The minimum absolute atomic E-state index is 0.177. The number of H-pyrrole nitrogens is 1. The highest BCUT2D eigenvalue weighted by Gasteiger charge is 2.22. The number of hydrogen-bond donors (Lipinski definition) is 1.